The van der Waals surface area contributed by atoms with Crippen LogP contribution in [0.1, 0.15) is 24.8 Å². The Bertz CT molecular complexity index is 409. The topological polar surface area (TPSA) is 20.3 Å². The van der Waals surface area contributed by atoms with E-state index in [2.05, 4.69) is 12.6 Å². The Morgan fingerprint density at radius 2 is 1.94 bits per heavy atom. The molecule has 2 rings (SSSR count). The van der Waals surface area contributed by atoms with Gasteiger partial charge in [0.15, 0.2) is 0 Å². The van der Waals surface area contributed by atoms with Crippen LogP contribution in [0.4, 0.5) is 5.69 Å². The summed E-state index contributed by atoms with van der Waals surface area (Å²) in [6.45, 7) is 2.05. The molecule has 0 aromatic heterocycles. The van der Waals surface area contributed by atoms with E-state index in [1.165, 1.54) is 5.56 Å². The number of carbonyl (C=O) groups is 1. The molecule has 0 radical (unpaired) electrons. The summed E-state index contributed by atoms with van der Waals surface area (Å²) in [6, 6.07) is 8.05. The van der Waals surface area contributed by atoms with Gasteiger partial charge in [-0.2, -0.15) is 12.6 Å². The smallest absolute Gasteiger partial charge is 0.227 e. The van der Waals surface area contributed by atoms with E-state index in [0.717, 1.165) is 24.3 Å². The van der Waals surface area contributed by atoms with Crippen molar-refractivity contribution >= 4 is 24.2 Å². The van der Waals surface area contributed by atoms with Gasteiger partial charge in [-0.1, -0.05) is 17.7 Å². The van der Waals surface area contributed by atoms with Crippen molar-refractivity contribution in [2.45, 2.75) is 26.2 Å². The van der Waals surface area contributed by atoms with Crippen LogP contribution in [0.5, 0.6) is 0 Å². The molecule has 1 aromatic carbocycles. The van der Waals surface area contributed by atoms with Gasteiger partial charge in [-0.15, -0.1) is 0 Å². The zero-order chi connectivity index (χ0) is 12.5. The third-order valence-electron chi connectivity index (χ3n) is 3.61. The van der Waals surface area contributed by atoms with Gasteiger partial charge in [0, 0.05) is 19.2 Å². The predicted octanol–water partition coefficient (Wildman–Crippen LogP) is 3.06. The third kappa shape index (κ3) is 2.83. The zero-order valence-corrected chi connectivity index (χ0v) is 11.3. The van der Waals surface area contributed by atoms with E-state index in [9.17, 15) is 4.79 Å². The maximum atomic E-state index is 12.1. The summed E-state index contributed by atoms with van der Waals surface area (Å²) in [5.41, 5.74) is 2.37. The SMILES string of the molecule is Cc1ccc(N(C)C(=O)CC2(CS)CC2)cc1. The van der Waals surface area contributed by atoms with Gasteiger partial charge < -0.3 is 4.90 Å². The predicted molar refractivity (Wildman–Crippen MR) is 74.7 cm³/mol. The highest BCUT2D eigenvalue weighted by molar-refractivity contribution is 7.80. The van der Waals surface area contributed by atoms with Crippen LogP contribution in [0.15, 0.2) is 24.3 Å². The lowest BCUT2D eigenvalue weighted by atomic mass is 10.0. The summed E-state index contributed by atoms with van der Waals surface area (Å²) in [4.78, 5) is 13.9. The van der Waals surface area contributed by atoms with E-state index in [1.54, 1.807) is 4.90 Å². The molecule has 3 heteroatoms. The molecular weight excluding hydrogens is 230 g/mol. The first-order valence-corrected chi connectivity index (χ1v) is 6.64. The summed E-state index contributed by atoms with van der Waals surface area (Å²) >= 11 is 4.34. The Morgan fingerprint density at radius 3 is 2.41 bits per heavy atom. The Labute approximate surface area is 108 Å². The zero-order valence-electron chi connectivity index (χ0n) is 10.4. The molecule has 92 valence electrons. The molecule has 0 heterocycles. The number of amides is 1. The van der Waals surface area contributed by atoms with Crippen molar-refractivity contribution in [3.63, 3.8) is 0 Å². The molecule has 0 bridgehead atoms. The van der Waals surface area contributed by atoms with Crippen molar-refractivity contribution in [2.24, 2.45) is 5.41 Å². The van der Waals surface area contributed by atoms with E-state index >= 15 is 0 Å². The summed E-state index contributed by atoms with van der Waals surface area (Å²) in [6.07, 6.45) is 2.91. The molecule has 0 atom stereocenters. The van der Waals surface area contributed by atoms with Crippen molar-refractivity contribution in [2.75, 3.05) is 17.7 Å². The van der Waals surface area contributed by atoms with Crippen LogP contribution in [-0.2, 0) is 4.79 Å². The first-order chi connectivity index (χ1) is 8.06. The molecule has 0 spiro atoms. The summed E-state index contributed by atoms with van der Waals surface area (Å²) < 4.78 is 0. The second-order valence-electron chi connectivity index (χ2n) is 5.12. The van der Waals surface area contributed by atoms with Crippen LogP contribution < -0.4 is 4.90 Å². The number of aryl methyl sites for hydroxylation is 1. The molecule has 1 amide bonds. The Hall–Kier alpha value is -0.960. The Morgan fingerprint density at radius 1 is 1.35 bits per heavy atom. The second-order valence-corrected chi connectivity index (χ2v) is 5.44. The second kappa shape index (κ2) is 4.73. The fraction of sp³-hybridized carbons (Fsp3) is 0.500. The van der Waals surface area contributed by atoms with E-state index in [0.29, 0.717) is 6.42 Å². The summed E-state index contributed by atoms with van der Waals surface area (Å²) in [5.74, 6) is 1.01. The minimum absolute atomic E-state index is 0.194. The van der Waals surface area contributed by atoms with Gasteiger partial charge in [0.25, 0.3) is 0 Å². The number of thiol groups is 1. The number of anilines is 1. The van der Waals surface area contributed by atoms with Crippen molar-refractivity contribution < 1.29 is 4.79 Å². The number of carbonyl (C=O) groups excluding carboxylic acids is 1. The Kier molecular flexibility index (Phi) is 3.48. The molecule has 0 saturated heterocycles. The molecule has 17 heavy (non-hydrogen) atoms. The number of hydrogen-bond acceptors (Lipinski definition) is 2. The van der Waals surface area contributed by atoms with E-state index in [4.69, 9.17) is 0 Å². The largest absolute Gasteiger partial charge is 0.315 e. The quantitative estimate of drug-likeness (QED) is 0.813. The summed E-state index contributed by atoms with van der Waals surface area (Å²) in [7, 11) is 1.85. The number of hydrogen-bond donors (Lipinski definition) is 1. The molecule has 0 aliphatic heterocycles. The minimum Gasteiger partial charge on any atom is -0.315 e. The van der Waals surface area contributed by atoms with Gasteiger partial charge in [-0.25, -0.2) is 0 Å². The van der Waals surface area contributed by atoms with Crippen molar-refractivity contribution in [3.8, 4) is 0 Å². The van der Waals surface area contributed by atoms with Crippen molar-refractivity contribution in [1.29, 1.82) is 0 Å². The highest BCUT2D eigenvalue weighted by atomic mass is 32.1. The first-order valence-electron chi connectivity index (χ1n) is 6.00. The normalized spacial score (nSPS) is 16.6. The summed E-state index contributed by atoms with van der Waals surface area (Å²) in [5, 5.41) is 0. The molecule has 0 N–H and O–H groups in total. The standard InChI is InChI=1S/C14H19NOS/c1-11-3-5-12(6-4-11)15(2)13(16)9-14(10-17)7-8-14/h3-6,17H,7-10H2,1-2H3. The van der Waals surface area contributed by atoms with Gasteiger partial charge in [0.05, 0.1) is 0 Å². The van der Waals surface area contributed by atoms with Crippen LogP contribution in [0, 0.1) is 12.3 Å². The van der Waals surface area contributed by atoms with Gasteiger partial charge in [-0.05, 0) is 43.1 Å². The monoisotopic (exact) mass is 249 g/mol. The lowest BCUT2D eigenvalue weighted by Gasteiger charge is -2.20. The van der Waals surface area contributed by atoms with Gasteiger partial charge in [0.2, 0.25) is 5.91 Å². The van der Waals surface area contributed by atoms with Gasteiger partial charge in [0.1, 0.15) is 0 Å². The van der Waals surface area contributed by atoms with E-state index in [-0.39, 0.29) is 11.3 Å². The molecule has 2 nitrogen and oxygen atoms in total. The first kappa shape index (κ1) is 12.5. The molecule has 1 aliphatic carbocycles. The maximum absolute atomic E-state index is 12.1. The van der Waals surface area contributed by atoms with Gasteiger partial charge in [-0.3, -0.25) is 4.79 Å². The minimum atomic E-state index is 0.194. The van der Waals surface area contributed by atoms with E-state index in [1.807, 2.05) is 38.2 Å². The van der Waals surface area contributed by atoms with Crippen molar-refractivity contribution in [1.82, 2.24) is 0 Å². The molecular formula is C14H19NOS. The highest BCUT2D eigenvalue weighted by Gasteiger charge is 2.43. The van der Waals surface area contributed by atoms with Gasteiger partial charge >= 0.3 is 0 Å². The molecule has 0 unspecified atom stereocenters. The third-order valence-corrected chi connectivity index (χ3v) is 4.28. The number of nitrogens with zero attached hydrogens (tertiary/aromatic N) is 1. The van der Waals surface area contributed by atoms with Crippen LogP contribution in [0.25, 0.3) is 0 Å². The lowest BCUT2D eigenvalue weighted by Crippen LogP contribution is -2.29. The number of benzene rings is 1. The fourth-order valence-electron chi connectivity index (χ4n) is 1.92. The van der Waals surface area contributed by atoms with Crippen molar-refractivity contribution in [3.05, 3.63) is 29.8 Å². The molecule has 1 saturated carbocycles. The molecule has 1 fully saturated rings. The fourth-order valence-corrected chi connectivity index (χ4v) is 2.35. The maximum Gasteiger partial charge on any atom is 0.227 e. The van der Waals surface area contributed by atoms with Crippen LogP contribution in [-0.4, -0.2) is 18.7 Å². The van der Waals surface area contributed by atoms with E-state index < -0.39 is 0 Å². The molecule has 1 aliphatic rings. The number of rotatable bonds is 4. The average molecular weight is 249 g/mol. The van der Waals surface area contributed by atoms with Crippen LogP contribution in [0.3, 0.4) is 0 Å². The average Bonchev–Trinajstić information content (AvgIpc) is 3.09. The highest BCUT2D eigenvalue weighted by Crippen LogP contribution is 2.49. The lowest BCUT2D eigenvalue weighted by molar-refractivity contribution is -0.119. The van der Waals surface area contributed by atoms with Crippen LogP contribution >= 0.6 is 12.6 Å². The molecule has 1 aromatic rings. The Balaban J connectivity index is 2.02. The van der Waals surface area contributed by atoms with Crippen LogP contribution in [0.2, 0.25) is 0 Å².